The molecule has 0 aliphatic rings. The Labute approximate surface area is 149 Å². The summed E-state index contributed by atoms with van der Waals surface area (Å²) in [6.45, 7) is 1.33. The van der Waals surface area contributed by atoms with Gasteiger partial charge >= 0.3 is 5.97 Å². The molecule has 24 heavy (non-hydrogen) atoms. The summed E-state index contributed by atoms with van der Waals surface area (Å²) in [5.74, 6) is -2.78. The number of hydrogen-bond donors (Lipinski definition) is 1. The van der Waals surface area contributed by atoms with E-state index in [0.29, 0.717) is 0 Å². The molecule has 0 fully saturated rings. The number of amides is 1. The van der Waals surface area contributed by atoms with Gasteiger partial charge in [-0.25, -0.2) is 13.6 Å². The van der Waals surface area contributed by atoms with Gasteiger partial charge in [-0.3, -0.25) is 4.79 Å². The van der Waals surface area contributed by atoms with Gasteiger partial charge in [-0.15, -0.1) is 0 Å². The lowest BCUT2D eigenvalue weighted by Crippen LogP contribution is -2.30. The number of halogens is 4. The Balaban J connectivity index is 2.04. The summed E-state index contributed by atoms with van der Waals surface area (Å²) >= 11 is 8.67. The molecule has 0 aliphatic carbocycles. The second-order valence-corrected chi connectivity index (χ2v) is 6.08. The Morgan fingerprint density at radius 3 is 2.54 bits per heavy atom. The standard InChI is InChI=1S/C16H11BrClF2NO3/c1-8(15(22)21-14-5-2-9(18)6-13(14)20)24-16(23)11-4-3-10(19)7-12(11)17/h2-8H,1H3,(H,21,22). The van der Waals surface area contributed by atoms with E-state index in [1.54, 1.807) is 0 Å². The summed E-state index contributed by atoms with van der Waals surface area (Å²) in [6.07, 6.45) is -1.19. The zero-order valence-corrected chi connectivity index (χ0v) is 14.6. The number of carbonyl (C=O) groups is 2. The third kappa shape index (κ3) is 4.52. The number of ether oxygens (including phenoxy) is 1. The van der Waals surface area contributed by atoms with Gasteiger partial charge in [0.1, 0.15) is 11.6 Å². The highest BCUT2D eigenvalue weighted by Crippen LogP contribution is 2.21. The van der Waals surface area contributed by atoms with Gasteiger partial charge in [0, 0.05) is 9.50 Å². The second-order valence-electron chi connectivity index (χ2n) is 4.79. The molecule has 0 saturated carbocycles. The number of nitrogens with one attached hydrogen (secondary N) is 1. The normalized spacial score (nSPS) is 11.7. The van der Waals surface area contributed by atoms with Crippen molar-refractivity contribution >= 4 is 45.1 Å². The van der Waals surface area contributed by atoms with Crippen molar-refractivity contribution < 1.29 is 23.1 Å². The Bertz CT molecular complexity index is 801. The smallest absolute Gasteiger partial charge is 0.340 e. The molecule has 8 heteroatoms. The van der Waals surface area contributed by atoms with Crippen molar-refractivity contribution in [2.75, 3.05) is 5.32 Å². The lowest BCUT2D eigenvalue weighted by atomic mass is 10.2. The summed E-state index contributed by atoms with van der Waals surface area (Å²) in [4.78, 5) is 24.0. The summed E-state index contributed by atoms with van der Waals surface area (Å²) in [5.41, 5.74) is -0.0241. The maximum absolute atomic E-state index is 13.6. The highest BCUT2D eigenvalue weighted by molar-refractivity contribution is 9.10. The van der Waals surface area contributed by atoms with Crippen LogP contribution in [0.15, 0.2) is 40.9 Å². The van der Waals surface area contributed by atoms with Crippen LogP contribution in [0, 0.1) is 11.6 Å². The Morgan fingerprint density at radius 1 is 1.21 bits per heavy atom. The first-order valence-corrected chi connectivity index (χ1v) is 7.87. The minimum atomic E-state index is -1.19. The molecule has 0 radical (unpaired) electrons. The molecule has 0 aromatic heterocycles. The highest BCUT2D eigenvalue weighted by Gasteiger charge is 2.21. The summed E-state index contributed by atoms with van der Waals surface area (Å²) in [6, 6.07) is 7.17. The second kappa shape index (κ2) is 7.72. The van der Waals surface area contributed by atoms with Crippen molar-refractivity contribution in [3.63, 3.8) is 0 Å². The first-order chi connectivity index (χ1) is 11.3. The molecule has 2 rings (SSSR count). The zero-order chi connectivity index (χ0) is 17.9. The van der Waals surface area contributed by atoms with Crippen LogP contribution in [0.3, 0.4) is 0 Å². The van der Waals surface area contributed by atoms with Gasteiger partial charge in [-0.1, -0.05) is 11.6 Å². The molecule has 2 aromatic rings. The number of carbonyl (C=O) groups excluding carboxylic acids is 2. The molecule has 0 heterocycles. The van der Waals surface area contributed by atoms with Gasteiger partial charge in [0.05, 0.1) is 11.3 Å². The fourth-order valence-electron chi connectivity index (χ4n) is 1.76. The molecule has 4 nitrogen and oxygen atoms in total. The molecular formula is C16H11BrClF2NO3. The van der Waals surface area contributed by atoms with E-state index in [1.807, 2.05) is 0 Å². The zero-order valence-electron chi connectivity index (χ0n) is 12.3. The number of hydrogen-bond acceptors (Lipinski definition) is 3. The van der Waals surface area contributed by atoms with Crippen molar-refractivity contribution in [2.24, 2.45) is 0 Å². The van der Waals surface area contributed by atoms with Crippen molar-refractivity contribution in [3.8, 4) is 0 Å². The topological polar surface area (TPSA) is 55.4 Å². The van der Waals surface area contributed by atoms with Gasteiger partial charge in [-0.2, -0.15) is 0 Å². The minimum Gasteiger partial charge on any atom is -0.449 e. The Hall–Kier alpha value is -1.99. The maximum atomic E-state index is 13.6. The van der Waals surface area contributed by atoms with Crippen LogP contribution in [-0.2, 0) is 9.53 Å². The predicted molar refractivity (Wildman–Crippen MR) is 89.0 cm³/mol. The SMILES string of the molecule is CC(OC(=O)c1ccc(F)cc1Br)C(=O)Nc1ccc(Cl)cc1F. The van der Waals surface area contributed by atoms with Gasteiger partial charge in [0.2, 0.25) is 0 Å². The molecule has 1 atom stereocenters. The molecule has 2 aromatic carbocycles. The van der Waals surface area contributed by atoms with Gasteiger partial charge in [-0.05, 0) is 59.3 Å². The van der Waals surface area contributed by atoms with E-state index in [4.69, 9.17) is 16.3 Å². The van der Waals surface area contributed by atoms with Crippen LogP contribution in [0.25, 0.3) is 0 Å². The van der Waals surface area contributed by atoms with E-state index >= 15 is 0 Å². The van der Waals surface area contributed by atoms with Crippen molar-refractivity contribution in [2.45, 2.75) is 13.0 Å². The Kier molecular flexibility index (Phi) is 5.90. The molecule has 0 bridgehead atoms. The van der Waals surface area contributed by atoms with Crippen LogP contribution in [0.2, 0.25) is 5.02 Å². The summed E-state index contributed by atoms with van der Waals surface area (Å²) < 4.78 is 31.9. The third-order valence-electron chi connectivity index (χ3n) is 2.99. The molecular weight excluding hydrogens is 408 g/mol. The van der Waals surface area contributed by atoms with E-state index in [-0.39, 0.29) is 20.7 Å². The van der Waals surface area contributed by atoms with Crippen LogP contribution >= 0.6 is 27.5 Å². The van der Waals surface area contributed by atoms with Crippen LogP contribution in [0.5, 0.6) is 0 Å². The average Bonchev–Trinajstić information content (AvgIpc) is 2.49. The molecule has 1 amide bonds. The monoisotopic (exact) mass is 417 g/mol. The largest absolute Gasteiger partial charge is 0.449 e. The van der Waals surface area contributed by atoms with E-state index in [2.05, 4.69) is 21.2 Å². The van der Waals surface area contributed by atoms with Crippen molar-refractivity contribution in [1.82, 2.24) is 0 Å². The van der Waals surface area contributed by atoms with Crippen LogP contribution < -0.4 is 5.32 Å². The number of benzene rings is 2. The fraction of sp³-hybridized carbons (Fsp3) is 0.125. The van der Waals surface area contributed by atoms with Crippen LogP contribution in [0.1, 0.15) is 17.3 Å². The minimum absolute atomic E-state index is 0.0636. The van der Waals surface area contributed by atoms with Gasteiger partial charge in [0.15, 0.2) is 6.10 Å². The first kappa shape index (κ1) is 18.4. The summed E-state index contributed by atoms with van der Waals surface area (Å²) in [7, 11) is 0. The Morgan fingerprint density at radius 2 is 1.92 bits per heavy atom. The lowest BCUT2D eigenvalue weighted by molar-refractivity contribution is -0.123. The van der Waals surface area contributed by atoms with E-state index in [9.17, 15) is 18.4 Å². The van der Waals surface area contributed by atoms with E-state index in [1.165, 1.54) is 25.1 Å². The van der Waals surface area contributed by atoms with Gasteiger partial charge < -0.3 is 10.1 Å². The molecule has 1 N–H and O–H groups in total. The van der Waals surface area contributed by atoms with Crippen molar-refractivity contribution in [3.05, 3.63) is 63.1 Å². The molecule has 0 aliphatic heterocycles. The average molecular weight is 419 g/mol. The first-order valence-electron chi connectivity index (χ1n) is 6.70. The molecule has 1 unspecified atom stereocenters. The van der Waals surface area contributed by atoms with Crippen LogP contribution in [-0.4, -0.2) is 18.0 Å². The quantitative estimate of drug-likeness (QED) is 0.740. The maximum Gasteiger partial charge on any atom is 0.340 e. The summed E-state index contributed by atoms with van der Waals surface area (Å²) in [5, 5.41) is 2.48. The van der Waals surface area contributed by atoms with Crippen molar-refractivity contribution in [1.29, 1.82) is 0 Å². The highest BCUT2D eigenvalue weighted by atomic mass is 79.9. The number of anilines is 1. The predicted octanol–water partition coefficient (Wildman–Crippen LogP) is 4.56. The molecule has 126 valence electrons. The molecule has 0 saturated heterocycles. The lowest BCUT2D eigenvalue weighted by Gasteiger charge is -2.14. The van der Waals surface area contributed by atoms with Gasteiger partial charge in [0.25, 0.3) is 5.91 Å². The van der Waals surface area contributed by atoms with E-state index in [0.717, 1.165) is 18.2 Å². The van der Waals surface area contributed by atoms with E-state index < -0.39 is 29.6 Å². The van der Waals surface area contributed by atoms with Crippen LogP contribution in [0.4, 0.5) is 14.5 Å². The molecule has 0 spiro atoms. The number of rotatable bonds is 4. The third-order valence-corrected chi connectivity index (χ3v) is 3.88. The number of esters is 1. The fourth-order valence-corrected chi connectivity index (χ4v) is 2.43.